The van der Waals surface area contributed by atoms with Gasteiger partial charge in [-0.15, -0.1) is 0 Å². The zero-order valence-electron chi connectivity index (χ0n) is 14.6. The summed E-state index contributed by atoms with van der Waals surface area (Å²) >= 11 is 0. The summed E-state index contributed by atoms with van der Waals surface area (Å²) in [5.74, 6) is 1.26. The van der Waals surface area contributed by atoms with E-state index in [4.69, 9.17) is 0 Å². The average Bonchev–Trinajstić information content (AvgIpc) is 3.10. The number of pyridine rings is 1. The van der Waals surface area contributed by atoms with Gasteiger partial charge in [0.2, 0.25) is 5.95 Å². The fourth-order valence-corrected chi connectivity index (χ4v) is 3.45. The molecule has 134 valence electrons. The van der Waals surface area contributed by atoms with Crippen LogP contribution in [0.5, 0.6) is 0 Å². The molecule has 1 saturated heterocycles. The second-order valence-corrected chi connectivity index (χ2v) is 6.82. The Bertz CT molecular complexity index is 1110. The summed E-state index contributed by atoms with van der Waals surface area (Å²) in [7, 11) is 0. The third-order valence-electron chi connectivity index (χ3n) is 4.91. The van der Waals surface area contributed by atoms with Gasteiger partial charge in [0.15, 0.2) is 0 Å². The minimum absolute atomic E-state index is 0.0741. The Kier molecular flexibility index (Phi) is 3.71. The average molecular weight is 358 g/mol. The molecule has 0 radical (unpaired) electrons. The zero-order valence-corrected chi connectivity index (χ0v) is 14.6. The molecular formula is C20H18N6O. The van der Waals surface area contributed by atoms with Crippen LogP contribution in [0.1, 0.15) is 0 Å². The summed E-state index contributed by atoms with van der Waals surface area (Å²) in [6, 6.07) is 15.1. The van der Waals surface area contributed by atoms with Crippen molar-refractivity contribution in [2.45, 2.75) is 6.54 Å². The highest BCUT2D eigenvalue weighted by Gasteiger charge is 2.29. The lowest BCUT2D eigenvalue weighted by molar-refractivity contribution is 0.332. The Morgan fingerprint density at radius 1 is 1.04 bits per heavy atom. The lowest BCUT2D eigenvalue weighted by Crippen LogP contribution is -2.50. The topological polar surface area (TPSA) is 79.7 Å². The van der Waals surface area contributed by atoms with Crippen LogP contribution in [0.2, 0.25) is 0 Å². The summed E-state index contributed by atoms with van der Waals surface area (Å²) in [6.07, 6.45) is 3.45. The number of aromatic amines is 1. The van der Waals surface area contributed by atoms with Crippen LogP contribution in [-0.4, -0.2) is 37.8 Å². The molecule has 1 aliphatic heterocycles. The van der Waals surface area contributed by atoms with E-state index in [1.807, 2.05) is 36.4 Å². The van der Waals surface area contributed by atoms with Gasteiger partial charge in [0.05, 0.1) is 23.3 Å². The molecule has 0 atom stereocenters. The number of hydrogen-bond acceptors (Lipinski definition) is 5. The van der Waals surface area contributed by atoms with Gasteiger partial charge >= 0.3 is 0 Å². The highest BCUT2D eigenvalue weighted by atomic mass is 16.1. The minimum atomic E-state index is -0.0741. The number of hydrogen-bond donors (Lipinski definition) is 1. The van der Waals surface area contributed by atoms with E-state index in [2.05, 4.69) is 25.0 Å². The molecule has 4 aromatic rings. The van der Waals surface area contributed by atoms with Crippen molar-refractivity contribution in [2.75, 3.05) is 18.0 Å². The van der Waals surface area contributed by atoms with Crippen LogP contribution in [0.3, 0.4) is 0 Å². The normalized spacial score (nSPS) is 14.4. The van der Waals surface area contributed by atoms with Crippen molar-refractivity contribution in [3.63, 3.8) is 0 Å². The molecule has 7 heteroatoms. The van der Waals surface area contributed by atoms with Gasteiger partial charge in [-0.3, -0.25) is 9.78 Å². The lowest BCUT2D eigenvalue weighted by Gasteiger charge is -2.39. The second kappa shape index (κ2) is 6.35. The predicted octanol–water partition coefficient (Wildman–Crippen LogP) is 2.32. The molecule has 4 heterocycles. The van der Waals surface area contributed by atoms with Crippen molar-refractivity contribution in [2.24, 2.45) is 5.92 Å². The zero-order chi connectivity index (χ0) is 18.2. The van der Waals surface area contributed by atoms with E-state index in [1.165, 1.54) is 0 Å². The molecule has 1 aliphatic rings. The largest absolute Gasteiger partial charge is 0.342 e. The SMILES string of the molecule is O=c1ccc(-c2ccncc2)nn1CC1CN(c2nc3ccccc3[nH]2)C1. The van der Waals surface area contributed by atoms with Crippen molar-refractivity contribution >= 4 is 17.0 Å². The number of para-hydroxylation sites is 2. The number of nitrogens with one attached hydrogen (secondary N) is 1. The van der Waals surface area contributed by atoms with Gasteiger partial charge < -0.3 is 9.88 Å². The number of aromatic nitrogens is 5. The Labute approximate surface area is 155 Å². The number of rotatable bonds is 4. The van der Waals surface area contributed by atoms with Gasteiger partial charge in [-0.2, -0.15) is 5.10 Å². The van der Waals surface area contributed by atoms with E-state index in [9.17, 15) is 4.79 Å². The third kappa shape index (κ3) is 2.97. The van der Waals surface area contributed by atoms with Crippen LogP contribution < -0.4 is 10.5 Å². The summed E-state index contributed by atoms with van der Waals surface area (Å²) in [5, 5.41) is 4.53. The first-order valence-corrected chi connectivity index (χ1v) is 8.94. The van der Waals surface area contributed by atoms with Crippen LogP contribution >= 0.6 is 0 Å². The number of imidazole rings is 1. The highest BCUT2D eigenvalue weighted by molar-refractivity contribution is 5.77. The Morgan fingerprint density at radius 2 is 1.85 bits per heavy atom. The van der Waals surface area contributed by atoms with E-state index in [0.29, 0.717) is 12.5 Å². The van der Waals surface area contributed by atoms with Gasteiger partial charge in [-0.05, 0) is 30.3 Å². The van der Waals surface area contributed by atoms with E-state index < -0.39 is 0 Å². The van der Waals surface area contributed by atoms with Crippen molar-refractivity contribution in [1.29, 1.82) is 0 Å². The minimum Gasteiger partial charge on any atom is -0.342 e. The first-order chi connectivity index (χ1) is 13.3. The van der Waals surface area contributed by atoms with Crippen LogP contribution in [0.15, 0.2) is 65.7 Å². The first kappa shape index (κ1) is 15.7. The van der Waals surface area contributed by atoms with Crippen molar-refractivity contribution in [3.8, 4) is 11.3 Å². The van der Waals surface area contributed by atoms with Crippen molar-refractivity contribution in [3.05, 3.63) is 71.3 Å². The van der Waals surface area contributed by atoms with Gasteiger partial charge in [0.1, 0.15) is 0 Å². The highest BCUT2D eigenvalue weighted by Crippen LogP contribution is 2.25. The van der Waals surface area contributed by atoms with Crippen molar-refractivity contribution in [1.82, 2.24) is 24.7 Å². The predicted molar refractivity (Wildman–Crippen MR) is 104 cm³/mol. The molecule has 27 heavy (non-hydrogen) atoms. The molecule has 1 fully saturated rings. The molecule has 0 saturated carbocycles. The molecule has 0 bridgehead atoms. The lowest BCUT2D eigenvalue weighted by atomic mass is 10.0. The molecule has 5 rings (SSSR count). The fourth-order valence-electron chi connectivity index (χ4n) is 3.45. The summed E-state index contributed by atoms with van der Waals surface area (Å²) in [5.41, 5.74) is 3.68. The van der Waals surface area contributed by atoms with Gasteiger partial charge in [0.25, 0.3) is 5.56 Å². The van der Waals surface area contributed by atoms with Crippen LogP contribution in [0, 0.1) is 5.92 Å². The summed E-state index contributed by atoms with van der Waals surface area (Å²) in [6.45, 7) is 2.31. The standard InChI is InChI=1S/C20H18N6O/c27-19-6-5-16(15-7-9-21-10-8-15)24-26(19)13-14-11-25(12-14)20-22-17-3-1-2-4-18(17)23-20/h1-10,14H,11-13H2,(H,22,23). The molecular weight excluding hydrogens is 340 g/mol. The van der Waals surface area contributed by atoms with Crippen LogP contribution in [0.25, 0.3) is 22.3 Å². The maximum absolute atomic E-state index is 12.2. The third-order valence-corrected chi connectivity index (χ3v) is 4.91. The van der Waals surface area contributed by atoms with Crippen LogP contribution in [-0.2, 0) is 6.54 Å². The number of fused-ring (bicyclic) bond motifs is 1. The van der Waals surface area contributed by atoms with E-state index in [0.717, 1.165) is 41.3 Å². The molecule has 0 unspecified atom stereocenters. The quantitative estimate of drug-likeness (QED) is 0.606. The van der Waals surface area contributed by atoms with Gasteiger partial charge in [-0.25, -0.2) is 9.67 Å². The van der Waals surface area contributed by atoms with E-state index >= 15 is 0 Å². The monoisotopic (exact) mass is 358 g/mol. The first-order valence-electron chi connectivity index (χ1n) is 8.94. The summed E-state index contributed by atoms with van der Waals surface area (Å²) in [4.78, 5) is 26.4. The number of H-pyrrole nitrogens is 1. The Hall–Kier alpha value is -3.48. The van der Waals surface area contributed by atoms with E-state index in [1.54, 1.807) is 29.2 Å². The Balaban J connectivity index is 1.30. The van der Waals surface area contributed by atoms with Gasteiger partial charge in [-0.1, -0.05) is 12.1 Å². The molecule has 1 aromatic carbocycles. The van der Waals surface area contributed by atoms with E-state index in [-0.39, 0.29) is 5.56 Å². The smallest absolute Gasteiger partial charge is 0.266 e. The Morgan fingerprint density at radius 3 is 2.67 bits per heavy atom. The molecule has 1 N–H and O–H groups in total. The molecule has 0 spiro atoms. The van der Waals surface area contributed by atoms with Gasteiger partial charge in [0, 0.05) is 43.0 Å². The molecule has 0 aliphatic carbocycles. The molecule has 7 nitrogen and oxygen atoms in total. The van der Waals surface area contributed by atoms with Crippen LogP contribution in [0.4, 0.5) is 5.95 Å². The maximum atomic E-state index is 12.2. The fraction of sp³-hybridized carbons (Fsp3) is 0.200. The maximum Gasteiger partial charge on any atom is 0.266 e. The molecule has 0 amide bonds. The number of anilines is 1. The van der Waals surface area contributed by atoms with Crippen molar-refractivity contribution < 1.29 is 0 Å². The number of benzene rings is 1. The second-order valence-electron chi connectivity index (χ2n) is 6.82. The summed E-state index contributed by atoms with van der Waals surface area (Å²) < 4.78 is 1.57. The number of nitrogens with zero attached hydrogens (tertiary/aromatic N) is 5. The molecule has 3 aromatic heterocycles.